The molecule has 0 amide bonds. The lowest BCUT2D eigenvalue weighted by molar-refractivity contribution is -0.387. The normalized spacial score (nSPS) is 10.3. The van der Waals surface area contributed by atoms with Gasteiger partial charge >= 0.3 is 5.69 Å². The summed E-state index contributed by atoms with van der Waals surface area (Å²) < 4.78 is 13.1. The fourth-order valence-corrected chi connectivity index (χ4v) is 1.22. The van der Waals surface area contributed by atoms with E-state index >= 15 is 0 Å². The van der Waals surface area contributed by atoms with E-state index < -0.39 is 16.4 Å². The smallest absolute Gasteiger partial charge is 0.304 e. The summed E-state index contributed by atoms with van der Waals surface area (Å²) in [4.78, 5) is 9.62. The van der Waals surface area contributed by atoms with Gasteiger partial charge in [0.05, 0.1) is 4.92 Å². The second-order valence-electron chi connectivity index (χ2n) is 3.22. The molecule has 1 N–H and O–H groups in total. The highest BCUT2D eigenvalue weighted by molar-refractivity contribution is 5.34. The quantitative estimate of drug-likeness (QED) is 0.462. The maximum atomic E-state index is 13.1. The Morgan fingerprint density at radius 3 is 2.80 bits per heavy atom. The Morgan fingerprint density at radius 1 is 1.53 bits per heavy atom. The summed E-state index contributed by atoms with van der Waals surface area (Å²) in [5.74, 6) is -0.782. The molecule has 0 aromatic heterocycles. The van der Waals surface area contributed by atoms with E-state index in [4.69, 9.17) is 0 Å². The lowest BCUT2D eigenvalue weighted by Crippen LogP contribution is -2.13. The third-order valence-electron chi connectivity index (χ3n) is 1.96. The van der Waals surface area contributed by atoms with Crippen LogP contribution in [0.25, 0.3) is 0 Å². The van der Waals surface area contributed by atoms with Gasteiger partial charge in [-0.05, 0) is 24.6 Å². The third-order valence-corrected chi connectivity index (χ3v) is 1.96. The van der Waals surface area contributed by atoms with Gasteiger partial charge in [-0.2, -0.15) is 4.39 Å². The van der Waals surface area contributed by atoms with Crippen molar-refractivity contribution in [2.24, 2.45) is 0 Å². The molecule has 1 aromatic carbocycles. The number of rotatable bonds is 5. The first-order chi connectivity index (χ1) is 7.15. The van der Waals surface area contributed by atoms with Gasteiger partial charge in [0.15, 0.2) is 0 Å². The summed E-state index contributed by atoms with van der Waals surface area (Å²) in [5, 5.41) is 13.4. The van der Waals surface area contributed by atoms with Gasteiger partial charge in [0.2, 0.25) is 5.82 Å². The van der Waals surface area contributed by atoms with E-state index in [2.05, 4.69) is 5.32 Å². The topological polar surface area (TPSA) is 55.2 Å². The number of benzene rings is 1. The standard InChI is InChI=1S/C10H13FN2O2/c1-2-5-12-7-8-3-4-10(13(14)15)9(11)6-8/h3-4,6,12H,2,5,7H2,1H3. The minimum atomic E-state index is -0.782. The van der Waals surface area contributed by atoms with Gasteiger partial charge in [-0.15, -0.1) is 0 Å². The van der Waals surface area contributed by atoms with Crippen LogP contribution in [0.3, 0.4) is 0 Å². The van der Waals surface area contributed by atoms with E-state index in [1.165, 1.54) is 12.1 Å². The molecule has 5 heteroatoms. The van der Waals surface area contributed by atoms with Crippen LogP contribution < -0.4 is 5.32 Å². The summed E-state index contributed by atoms with van der Waals surface area (Å²) >= 11 is 0. The van der Waals surface area contributed by atoms with Crippen molar-refractivity contribution >= 4 is 5.69 Å². The van der Waals surface area contributed by atoms with E-state index in [0.29, 0.717) is 12.1 Å². The first-order valence-corrected chi connectivity index (χ1v) is 4.78. The van der Waals surface area contributed by atoms with Gasteiger partial charge in [-0.25, -0.2) is 0 Å². The zero-order valence-corrected chi connectivity index (χ0v) is 8.50. The van der Waals surface area contributed by atoms with Crippen LogP contribution in [-0.4, -0.2) is 11.5 Å². The highest BCUT2D eigenvalue weighted by Crippen LogP contribution is 2.17. The number of nitro groups is 1. The Kier molecular flexibility index (Phi) is 4.17. The minimum absolute atomic E-state index is 0.478. The number of nitrogens with zero attached hydrogens (tertiary/aromatic N) is 1. The van der Waals surface area contributed by atoms with Gasteiger partial charge in [-0.3, -0.25) is 10.1 Å². The van der Waals surface area contributed by atoms with Crippen molar-refractivity contribution in [3.8, 4) is 0 Å². The second kappa shape index (κ2) is 5.41. The van der Waals surface area contributed by atoms with Crippen molar-refractivity contribution < 1.29 is 9.31 Å². The van der Waals surface area contributed by atoms with Crippen molar-refractivity contribution in [1.82, 2.24) is 5.32 Å². The van der Waals surface area contributed by atoms with Gasteiger partial charge in [0.25, 0.3) is 0 Å². The maximum absolute atomic E-state index is 13.1. The summed E-state index contributed by atoms with van der Waals surface area (Å²) in [6.07, 6.45) is 0.995. The Balaban J connectivity index is 2.69. The molecule has 15 heavy (non-hydrogen) atoms. The van der Waals surface area contributed by atoms with Crippen LogP contribution in [0.15, 0.2) is 18.2 Å². The van der Waals surface area contributed by atoms with Crippen molar-refractivity contribution in [2.45, 2.75) is 19.9 Å². The molecule has 0 aliphatic rings. The second-order valence-corrected chi connectivity index (χ2v) is 3.22. The predicted molar refractivity (Wildman–Crippen MR) is 55.1 cm³/mol. The van der Waals surface area contributed by atoms with Crippen molar-refractivity contribution in [3.63, 3.8) is 0 Å². The lowest BCUT2D eigenvalue weighted by Gasteiger charge is -2.03. The number of halogens is 1. The van der Waals surface area contributed by atoms with E-state index in [0.717, 1.165) is 13.0 Å². The maximum Gasteiger partial charge on any atom is 0.304 e. The molecule has 0 fully saturated rings. The van der Waals surface area contributed by atoms with Crippen LogP contribution in [0.1, 0.15) is 18.9 Å². The Hall–Kier alpha value is -1.49. The summed E-state index contributed by atoms with van der Waals surface area (Å²) in [6, 6.07) is 3.95. The number of nitrogens with one attached hydrogen (secondary N) is 1. The molecule has 0 aliphatic carbocycles. The molecular formula is C10H13FN2O2. The highest BCUT2D eigenvalue weighted by atomic mass is 19.1. The molecule has 0 saturated carbocycles. The fourth-order valence-electron chi connectivity index (χ4n) is 1.22. The molecule has 0 bridgehead atoms. The Labute approximate surface area is 87.3 Å². The van der Waals surface area contributed by atoms with Gasteiger partial charge < -0.3 is 5.32 Å². The highest BCUT2D eigenvalue weighted by Gasteiger charge is 2.13. The zero-order valence-electron chi connectivity index (χ0n) is 8.50. The molecule has 0 atom stereocenters. The summed E-state index contributed by atoms with van der Waals surface area (Å²) in [7, 11) is 0. The van der Waals surface area contributed by atoms with Crippen molar-refractivity contribution in [3.05, 3.63) is 39.7 Å². The van der Waals surface area contributed by atoms with E-state index in [-0.39, 0.29) is 0 Å². The molecule has 0 unspecified atom stereocenters. The number of hydrogen-bond acceptors (Lipinski definition) is 3. The van der Waals surface area contributed by atoms with Crippen LogP contribution in [0.2, 0.25) is 0 Å². The van der Waals surface area contributed by atoms with Crippen LogP contribution in [0, 0.1) is 15.9 Å². The third kappa shape index (κ3) is 3.28. The molecule has 0 heterocycles. The van der Waals surface area contributed by atoms with E-state index in [1.54, 1.807) is 6.07 Å². The van der Waals surface area contributed by atoms with E-state index in [1.807, 2.05) is 6.92 Å². The molecule has 1 rings (SSSR count). The number of nitro benzene ring substituents is 1. The lowest BCUT2D eigenvalue weighted by atomic mass is 10.2. The van der Waals surface area contributed by atoms with E-state index in [9.17, 15) is 14.5 Å². The average molecular weight is 212 g/mol. The van der Waals surface area contributed by atoms with Crippen LogP contribution in [-0.2, 0) is 6.54 Å². The Bertz CT molecular complexity index is 355. The van der Waals surface area contributed by atoms with Crippen LogP contribution in [0.4, 0.5) is 10.1 Å². The summed E-state index contributed by atoms with van der Waals surface area (Å²) in [6.45, 7) is 3.41. The predicted octanol–water partition coefficient (Wildman–Crippen LogP) is 2.23. The monoisotopic (exact) mass is 212 g/mol. The van der Waals surface area contributed by atoms with Gasteiger partial charge in [0, 0.05) is 12.6 Å². The SMILES string of the molecule is CCCNCc1ccc([N+](=O)[O-])c(F)c1. The van der Waals surface area contributed by atoms with Crippen molar-refractivity contribution in [1.29, 1.82) is 0 Å². The van der Waals surface area contributed by atoms with Gasteiger partial charge in [0.1, 0.15) is 0 Å². The molecule has 1 aromatic rings. The largest absolute Gasteiger partial charge is 0.313 e. The summed E-state index contributed by atoms with van der Waals surface area (Å²) in [5.41, 5.74) is 0.237. The fraction of sp³-hybridized carbons (Fsp3) is 0.400. The first kappa shape index (κ1) is 11.6. The zero-order chi connectivity index (χ0) is 11.3. The van der Waals surface area contributed by atoms with Gasteiger partial charge in [-0.1, -0.05) is 13.0 Å². The van der Waals surface area contributed by atoms with Crippen LogP contribution in [0.5, 0.6) is 0 Å². The first-order valence-electron chi connectivity index (χ1n) is 4.78. The Morgan fingerprint density at radius 2 is 2.27 bits per heavy atom. The molecule has 0 aliphatic heterocycles. The number of hydrogen-bond donors (Lipinski definition) is 1. The molecule has 0 saturated heterocycles. The molecule has 4 nitrogen and oxygen atoms in total. The molecular weight excluding hydrogens is 199 g/mol. The molecule has 0 radical (unpaired) electrons. The van der Waals surface area contributed by atoms with Crippen molar-refractivity contribution in [2.75, 3.05) is 6.54 Å². The minimum Gasteiger partial charge on any atom is -0.313 e. The molecule has 82 valence electrons. The van der Waals surface area contributed by atoms with Crippen LogP contribution >= 0.6 is 0 Å². The average Bonchev–Trinajstić information content (AvgIpc) is 2.17. The molecule has 0 spiro atoms.